The summed E-state index contributed by atoms with van der Waals surface area (Å²) in [6, 6.07) is 5.07. The van der Waals surface area contributed by atoms with Crippen molar-refractivity contribution in [1.82, 2.24) is 9.99 Å². The minimum absolute atomic E-state index is 0.0436. The van der Waals surface area contributed by atoms with Crippen molar-refractivity contribution in [1.29, 1.82) is 0 Å². The summed E-state index contributed by atoms with van der Waals surface area (Å²) in [6.45, 7) is 0. The molecule has 0 radical (unpaired) electrons. The maximum atomic E-state index is 11.8. The minimum Gasteiger partial charge on any atom is -0.502 e. The minimum atomic E-state index is -0.951. The van der Waals surface area contributed by atoms with Crippen LogP contribution in [0.15, 0.2) is 35.6 Å². The number of nitrogens with one attached hydrogen (secondary N) is 1. The zero-order valence-electron chi connectivity index (χ0n) is 12.9. The highest BCUT2D eigenvalue weighted by Crippen LogP contribution is 2.33. The Kier molecular flexibility index (Phi) is 5.07. The fraction of sp³-hybridized carbons (Fsp3) is 0.143. The maximum Gasteiger partial charge on any atom is 0.318 e. The first kappa shape index (κ1) is 17.6. The molecule has 0 aliphatic heterocycles. The predicted octanol–water partition coefficient (Wildman–Crippen LogP) is 1.24. The van der Waals surface area contributed by atoms with Gasteiger partial charge in [0, 0.05) is 25.0 Å². The number of aromatic nitrogens is 1. The summed E-state index contributed by atoms with van der Waals surface area (Å²) in [6.07, 6.45) is 2.71. The second-order valence-electron chi connectivity index (χ2n) is 5.00. The second kappa shape index (κ2) is 7.21. The quantitative estimate of drug-likeness (QED) is 0.455. The number of nitro benzene ring substituents is 2. The lowest BCUT2D eigenvalue weighted by molar-refractivity contribution is -0.394. The molecule has 1 aromatic carbocycles. The van der Waals surface area contributed by atoms with Crippen molar-refractivity contribution < 1.29 is 19.7 Å². The van der Waals surface area contributed by atoms with E-state index in [1.54, 1.807) is 29.9 Å². The lowest BCUT2D eigenvalue weighted by atomic mass is 10.1. The molecule has 0 spiro atoms. The number of aromatic hydroxyl groups is 1. The molecule has 11 heteroatoms. The molecule has 2 rings (SSSR count). The topological polar surface area (TPSA) is 153 Å². The van der Waals surface area contributed by atoms with Crippen LogP contribution in [-0.4, -0.2) is 31.6 Å². The second-order valence-corrected chi connectivity index (χ2v) is 5.00. The smallest absolute Gasteiger partial charge is 0.318 e. The van der Waals surface area contributed by atoms with Crippen LogP contribution in [0, 0.1) is 20.2 Å². The summed E-state index contributed by atoms with van der Waals surface area (Å²) < 4.78 is 1.75. The van der Waals surface area contributed by atoms with Gasteiger partial charge in [-0.3, -0.25) is 25.0 Å². The largest absolute Gasteiger partial charge is 0.502 e. The highest BCUT2D eigenvalue weighted by atomic mass is 16.6. The van der Waals surface area contributed by atoms with Gasteiger partial charge in [0.25, 0.3) is 5.69 Å². The van der Waals surface area contributed by atoms with E-state index in [-0.39, 0.29) is 12.0 Å². The fourth-order valence-electron chi connectivity index (χ4n) is 2.03. The molecular formula is C14H13N5O6. The highest BCUT2D eigenvalue weighted by Gasteiger charge is 2.23. The molecule has 25 heavy (non-hydrogen) atoms. The van der Waals surface area contributed by atoms with Gasteiger partial charge in [-0.25, -0.2) is 5.43 Å². The first-order valence-electron chi connectivity index (χ1n) is 6.87. The number of benzene rings is 1. The van der Waals surface area contributed by atoms with Crippen LogP contribution in [0.25, 0.3) is 0 Å². The maximum absolute atomic E-state index is 11.8. The van der Waals surface area contributed by atoms with Crippen molar-refractivity contribution in [3.63, 3.8) is 0 Å². The lowest BCUT2D eigenvalue weighted by Crippen LogP contribution is -2.20. The monoisotopic (exact) mass is 347 g/mol. The number of aryl methyl sites for hydroxylation is 1. The summed E-state index contributed by atoms with van der Waals surface area (Å²) in [7, 11) is 1.77. The SMILES string of the molecule is Cn1cccc1CC(=O)N/N=C/c1cc([N+](=O)[O-])cc([N+](=O)[O-])c1O. The lowest BCUT2D eigenvalue weighted by Gasteiger charge is -2.03. The Bertz CT molecular complexity index is 873. The third kappa shape index (κ3) is 4.16. The Morgan fingerprint density at radius 2 is 2.08 bits per heavy atom. The van der Waals surface area contributed by atoms with Gasteiger partial charge >= 0.3 is 5.69 Å². The van der Waals surface area contributed by atoms with E-state index in [4.69, 9.17) is 0 Å². The van der Waals surface area contributed by atoms with E-state index in [9.17, 15) is 30.1 Å². The van der Waals surface area contributed by atoms with E-state index in [2.05, 4.69) is 10.5 Å². The van der Waals surface area contributed by atoms with Gasteiger partial charge in [-0.1, -0.05) is 0 Å². The van der Waals surface area contributed by atoms with Gasteiger partial charge in [0.15, 0.2) is 0 Å². The van der Waals surface area contributed by atoms with Crippen molar-refractivity contribution in [2.75, 3.05) is 0 Å². The molecule has 0 bridgehead atoms. The van der Waals surface area contributed by atoms with Gasteiger partial charge in [0.05, 0.1) is 34.1 Å². The third-order valence-corrected chi connectivity index (χ3v) is 3.30. The first-order valence-corrected chi connectivity index (χ1v) is 6.87. The van der Waals surface area contributed by atoms with Gasteiger partial charge in [-0.05, 0) is 12.1 Å². The molecule has 0 aliphatic carbocycles. The van der Waals surface area contributed by atoms with Crippen molar-refractivity contribution in [2.24, 2.45) is 12.1 Å². The summed E-state index contributed by atoms with van der Waals surface area (Å²) in [5.74, 6) is -1.24. The molecule has 0 fully saturated rings. The molecule has 11 nitrogen and oxygen atoms in total. The molecule has 0 aliphatic rings. The van der Waals surface area contributed by atoms with Crippen LogP contribution in [0.3, 0.4) is 0 Å². The third-order valence-electron chi connectivity index (χ3n) is 3.30. The molecule has 0 unspecified atom stereocenters. The number of hydrogen-bond acceptors (Lipinski definition) is 7. The number of phenols is 1. The van der Waals surface area contributed by atoms with Crippen molar-refractivity contribution in [3.8, 4) is 5.75 Å². The van der Waals surface area contributed by atoms with E-state index in [0.29, 0.717) is 6.07 Å². The van der Waals surface area contributed by atoms with E-state index in [0.717, 1.165) is 18.0 Å². The summed E-state index contributed by atoms with van der Waals surface area (Å²) in [4.78, 5) is 31.6. The Morgan fingerprint density at radius 1 is 1.36 bits per heavy atom. The van der Waals surface area contributed by atoms with Crippen LogP contribution in [0.4, 0.5) is 11.4 Å². The fourth-order valence-corrected chi connectivity index (χ4v) is 2.03. The predicted molar refractivity (Wildman–Crippen MR) is 86.3 cm³/mol. The van der Waals surface area contributed by atoms with Gasteiger partial charge in [-0.15, -0.1) is 0 Å². The summed E-state index contributed by atoms with van der Waals surface area (Å²) in [5, 5.41) is 35.0. The molecule has 2 aromatic rings. The number of hydrogen-bond donors (Lipinski definition) is 2. The Morgan fingerprint density at radius 3 is 2.64 bits per heavy atom. The Labute approximate surface area is 140 Å². The van der Waals surface area contributed by atoms with Crippen LogP contribution in [-0.2, 0) is 18.3 Å². The molecule has 0 saturated heterocycles. The standard InChI is InChI=1S/C14H13N5O6/c1-17-4-2-3-10(17)7-13(20)16-15-8-9-5-11(18(22)23)6-12(14(9)21)19(24)25/h2-6,8,21H,7H2,1H3,(H,16,20)/b15-8+. The van der Waals surface area contributed by atoms with Crippen molar-refractivity contribution >= 4 is 23.5 Å². The zero-order chi connectivity index (χ0) is 18.6. The van der Waals surface area contributed by atoms with E-state index >= 15 is 0 Å². The normalized spacial score (nSPS) is 10.8. The average molecular weight is 347 g/mol. The molecular weight excluding hydrogens is 334 g/mol. The van der Waals surface area contributed by atoms with Crippen LogP contribution >= 0.6 is 0 Å². The number of carbonyl (C=O) groups excluding carboxylic acids is 1. The number of rotatable bonds is 6. The number of amides is 1. The van der Waals surface area contributed by atoms with Gasteiger partial charge in [-0.2, -0.15) is 5.10 Å². The Hall–Kier alpha value is -3.76. The molecule has 1 amide bonds. The van der Waals surface area contributed by atoms with Gasteiger partial charge < -0.3 is 9.67 Å². The summed E-state index contributed by atoms with van der Waals surface area (Å²) in [5.41, 5.74) is 1.25. The average Bonchev–Trinajstić information content (AvgIpc) is 2.93. The summed E-state index contributed by atoms with van der Waals surface area (Å²) >= 11 is 0. The zero-order valence-corrected chi connectivity index (χ0v) is 12.9. The number of nitrogens with zero attached hydrogens (tertiary/aromatic N) is 4. The number of carbonyl (C=O) groups is 1. The number of phenolic OH excluding ortho intramolecular Hbond substituents is 1. The molecule has 0 saturated carbocycles. The van der Waals surface area contributed by atoms with Crippen molar-refractivity contribution in [3.05, 3.63) is 61.9 Å². The Balaban J connectivity index is 2.17. The molecule has 130 valence electrons. The van der Waals surface area contributed by atoms with Crippen LogP contribution < -0.4 is 5.43 Å². The van der Waals surface area contributed by atoms with Crippen LogP contribution in [0.2, 0.25) is 0 Å². The number of non-ortho nitro benzene ring substituents is 1. The van der Waals surface area contributed by atoms with Gasteiger partial charge in [0.2, 0.25) is 11.7 Å². The molecule has 1 aromatic heterocycles. The number of nitro groups is 2. The first-order chi connectivity index (χ1) is 11.8. The van der Waals surface area contributed by atoms with E-state index < -0.39 is 32.9 Å². The van der Waals surface area contributed by atoms with Crippen LogP contribution in [0.5, 0.6) is 5.75 Å². The van der Waals surface area contributed by atoms with E-state index in [1.807, 2.05) is 0 Å². The molecule has 1 heterocycles. The highest BCUT2D eigenvalue weighted by molar-refractivity contribution is 5.88. The number of hydrazone groups is 1. The van der Waals surface area contributed by atoms with E-state index in [1.165, 1.54) is 0 Å². The molecule has 2 N–H and O–H groups in total. The van der Waals surface area contributed by atoms with Crippen molar-refractivity contribution in [2.45, 2.75) is 6.42 Å². The molecule has 0 atom stereocenters. The van der Waals surface area contributed by atoms with Crippen LogP contribution in [0.1, 0.15) is 11.3 Å². The van der Waals surface area contributed by atoms with Gasteiger partial charge in [0.1, 0.15) is 0 Å².